The van der Waals surface area contributed by atoms with Crippen LogP contribution in [0.15, 0.2) is 48.5 Å². The summed E-state index contributed by atoms with van der Waals surface area (Å²) >= 11 is 0. The molecule has 1 amide bonds. The van der Waals surface area contributed by atoms with Crippen LogP contribution in [0.2, 0.25) is 0 Å². The highest BCUT2D eigenvalue weighted by Crippen LogP contribution is 2.29. The fraction of sp³-hybridized carbons (Fsp3) is 0.381. The number of carbonyl (C=O) groups excluding carboxylic acids is 1. The molecule has 0 fully saturated rings. The maximum absolute atomic E-state index is 12.3. The van der Waals surface area contributed by atoms with E-state index in [0.29, 0.717) is 43.2 Å². The summed E-state index contributed by atoms with van der Waals surface area (Å²) in [7, 11) is -3.50. The van der Waals surface area contributed by atoms with Crippen LogP contribution < -0.4 is 14.8 Å². The minimum atomic E-state index is -3.50. The number of sulfone groups is 1. The van der Waals surface area contributed by atoms with Gasteiger partial charge in [0, 0.05) is 6.07 Å². The number of ether oxygens (including phenoxy) is 2. The first-order valence-electron chi connectivity index (χ1n) is 9.37. The molecule has 2 rings (SSSR count). The van der Waals surface area contributed by atoms with Crippen LogP contribution in [0.3, 0.4) is 0 Å². The molecule has 152 valence electrons. The average molecular weight is 406 g/mol. The van der Waals surface area contributed by atoms with Crippen molar-refractivity contribution in [3.63, 3.8) is 0 Å². The van der Waals surface area contributed by atoms with E-state index in [1.54, 1.807) is 18.2 Å². The van der Waals surface area contributed by atoms with Crippen LogP contribution in [0.25, 0.3) is 0 Å². The number of nitrogens with one attached hydrogen (secondary N) is 1. The highest BCUT2D eigenvalue weighted by molar-refractivity contribution is 7.92. The molecule has 0 saturated heterocycles. The predicted molar refractivity (Wildman–Crippen MR) is 111 cm³/mol. The summed E-state index contributed by atoms with van der Waals surface area (Å²) in [5.74, 6) is -0.138. The van der Waals surface area contributed by atoms with Crippen LogP contribution >= 0.6 is 0 Å². The van der Waals surface area contributed by atoms with Crippen LogP contribution in [0.4, 0.5) is 5.69 Å². The van der Waals surface area contributed by atoms with Gasteiger partial charge in [-0.3, -0.25) is 4.79 Å². The van der Waals surface area contributed by atoms with Crippen LogP contribution in [0.1, 0.15) is 25.8 Å². The molecule has 0 aromatic heterocycles. The van der Waals surface area contributed by atoms with Gasteiger partial charge in [0.2, 0.25) is 5.91 Å². The maximum Gasteiger partial charge on any atom is 0.239 e. The third kappa shape index (κ3) is 7.23. The van der Waals surface area contributed by atoms with Crippen molar-refractivity contribution in [2.24, 2.45) is 0 Å². The molecule has 6 nitrogen and oxygen atoms in total. The molecule has 0 saturated carbocycles. The number of benzene rings is 2. The summed E-state index contributed by atoms with van der Waals surface area (Å²) < 4.78 is 35.5. The summed E-state index contributed by atoms with van der Waals surface area (Å²) in [6, 6.07) is 14.7. The Morgan fingerprint density at radius 1 is 1.00 bits per heavy atom. The molecule has 2 aromatic rings. The van der Waals surface area contributed by atoms with Crippen LogP contribution in [0, 0.1) is 0 Å². The number of hydrogen-bond acceptors (Lipinski definition) is 5. The zero-order valence-electron chi connectivity index (χ0n) is 16.3. The third-order valence-electron chi connectivity index (χ3n) is 3.95. The fourth-order valence-corrected chi connectivity index (χ4v) is 3.94. The first-order valence-corrected chi connectivity index (χ1v) is 11.2. The molecule has 2 aromatic carbocycles. The molecule has 0 spiro atoms. The van der Waals surface area contributed by atoms with E-state index >= 15 is 0 Å². The van der Waals surface area contributed by atoms with E-state index in [2.05, 4.69) is 5.32 Å². The second-order valence-corrected chi connectivity index (χ2v) is 8.44. The summed E-state index contributed by atoms with van der Waals surface area (Å²) in [4.78, 5) is 12.3. The SMILES string of the molecule is CCOc1ccc(OCC)c(NC(=O)CS(=O)(=O)CCCc2ccccc2)c1. The van der Waals surface area contributed by atoms with E-state index in [9.17, 15) is 13.2 Å². The zero-order chi connectivity index (χ0) is 20.4. The lowest BCUT2D eigenvalue weighted by molar-refractivity contribution is -0.113. The van der Waals surface area contributed by atoms with Gasteiger partial charge in [0.25, 0.3) is 0 Å². The Labute approximate surface area is 166 Å². The number of rotatable bonds is 11. The first kappa shape index (κ1) is 21.8. The van der Waals surface area contributed by atoms with E-state index in [1.807, 2.05) is 44.2 Å². The lowest BCUT2D eigenvalue weighted by atomic mass is 10.1. The molecule has 0 aliphatic rings. The number of carbonyl (C=O) groups is 1. The van der Waals surface area contributed by atoms with Crippen molar-refractivity contribution in [2.75, 3.05) is 30.0 Å². The molecular formula is C21H27NO5S. The molecule has 7 heteroatoms. The second kappa shape index (κ2) is 10.7. The van der Waals surface area contributed by atoms with Crippen molar-refractivity contribution in [2.45, 2.75) is 26.7 Å². The molecule has 0 aliphatic carbocycles. The summed E-state index contributed by atoms with van der Waals surface area (Å²) in [5, 5.41) is 2.64. The van der Waals surface area contributed by atoms with Crippen molar-refractivity contribution in [1.82, 2.24) is 0 Å². The van der Waals surface area contributed by atoms with Crippen molar-refractivity contribution >= 4 is 21.4 Å². The molecule has 0 aliphatic heterocycles. The Morgan fingerprint density at radius 3 is 2.39 bits per heavy atom. The summed E-state index contributed by atoms with van der Waals surface area (Å²) in [6.07, 6.45) is 1.14. The van der Waals surface area contributed by atoms with Gasteiger partial charge < -0.3 is 14.8 Å². The van der Waals surface area contributed by atoms with Crippen molar-refractivity contribution in [3.8, 4) is 11.5 Å². The van der Waals surface area contributed by atoms with Gasteiger partial charge in [0.05, 0.1) is 24.7 Å². The number of anilines is 1. The molecular weight excluding hydrogens is 378 g/mol. The van der Waals surface area contributed by atoms with Gasteiger partial charge in [0.1, 0.15) is 17.3 Å². The van der Waals surface area contributed by atoms with Crippen LogP contribution in [0.5, 0.6) is 11.5 Å². The van der Waals surface area contributed by atoms with Gasteiger partial charge in [-0.1, -0.05) is 30.3 Å². The smallest absolute Gasteiger partial charge is 0.239 e. The first-order chi connectivity index (χ1) is 13.4. The lowest BCUT2D eigenvalue weighted by Gasteiger charge is -2.13. The molecule has 0 unspecified atom stereocenters. The van der Waals surface area contributed by atoms with Gasteiger partial charge >= 0.3 is 0 Å². The zero-order valence-corrected chi connectivity index (χ0v) is 17.1. The number of aryl methyl sites for hydroxylation is 1. The third-order valence-corrected chi connectivity index (χ3v) is 5.56. The van der Waals surface area contributed by atoms with Gasteiger partial charge in [-0.15, -0.1) is 0 Å². The summed E-state index contributed by atoms with van der Waals surface area (Å²) in [6.45, 7) is 4.60. The lowest BCUT2D eigenvalue weighted by Crippen LogP contribution is -2.25. The number of hydrogen-bond donors (Lipinski definition) is 1. The van der Waals surface area contributed by atoms with Crippen molar-refractivity contribution < 1.29 is 22.7 Å². The highest BCUT2D eigenvalue weighted by Gasteiger charge is 2.18. The predicted octanol–water partition coefficient (Wildman–Crippen LogP) is 3.47. The van der Waals surface area contributed by atoms with E-state index < -0.39 is 21.5 Å². The van der Waals surface area contributed by atoms with Gasteiger partial charge in [-0.2, -0.15) is 0 Å². The van der Waals surface area contributed by atoms with Crippen molar-refractivity contribution in [1.29, 1.82) is 0 Å². The van der Waals surface area contributed by atoms with Crippen LogP contribution in [-0.2, 0) is 21.1 Å². The molecule has 0 radical (unpaired) electrons. The molecule has 0 heterocycles. The Kier molecular flexibility index (Phi) is 8.32. The fourth-order valence-electron chi connectivity index (χ4n) is 2.74. The van der Waals surface area contributed by atoms with Crippen molar-refractivity contribution in [3.05, 3.63) is 54.1 Å². The van der Waals surface area contributed by atoms with E-state index in [0.717, 1.165) is 5.56 Å². The van der Waals surface area contributed by atoms with Gasteiger partial charge in [0.15, 0.2) is 9.84 Å². The minimum absolute atomic E-state index is 0.0351. The molecule has 0 atom stereocenters. The van der Waals surface area contributed by atoms with Crippen LogP contribution in [-0.4, -0.2) is 39.0 Å². The van der Waals surface area contributed by atoms with E-state index in [1.165, 1.54) is 0 Å². The monoisotopic (exact) mass is 405 g/mol. The Bertz CT molecular complexity index is 866. The standard InChI is InChI=1S/C21H27NO5S/c1-3-26-18-12-13-20(27-4-2)19(15-18)22-21(23)16-28(24,25)14-8-11-17-9-6-5-7-10-17/h5-7,9-10,12-13,15H,3-4,8,11,14,16H2,1-2H3,(H,22,23). The van der Waals surface area contributed by atoms with Gasteiger partial charge in [-0.25, -0.2) is 8.42 Å². The average Bonchev–Trinajstić information content (AvgIpc) is 2.64. The maximum atomic E-state index is 12.3. The van der Waals surface area contributed by atoms with E-state index in [4.69, 9.17) is 9.47 Å². The van der Waals surface area contributed by atoms with E-state index in [-0.39, 0.29) is 5.75 Å². The topological polar surface area (TPSA) is 81.7 Å². The highest BCUT2D eigenvalue weighted by atomic mass is 32.2. The summed E-state index contributed by atoms with van der Waals surface area (Å²) in [5.41, 5.74) is 1.48. The largest absolute Gasteiger partial charge is 0.494 e. The Balaban J connectivity index is 1.95. The second-order valence-electron chi connectivity index (χ2n) is 6.25. The quantitative estimate of drug-likeness (QED) is 0.619. The molecule has 1 N–H and O–H groups in total. The Morgan fingerprint density at radius 2 is 1.71 bits per heavy atom. The molecule has 28 heavy (non-hydrogen) atoms. The molecule has 0 bridgehead atoms. The Hall–Kier alpha value is -2.54. The minimum Gasteiger partial charge on any atom is -0.494 e. The van der Waals surface area contributed by atoms with Gasteiger partial charge in [-0.05, 0) is 44.4 Å². The number of amides is 1. The normalized spacial score (nSPS) is 11.1.